The zero-order chi connectivity index (χ0) is 24.4. The number of carbonyl (C=O) groups excluding carboxylic acids is 2. The van der Waals surface area contributed by atoms with Crippen molar-refractivity contribution >= 4 is 33.4 Å². The van der Waals surface area contributed by atoms with Crippen LogP contribution in [-0.4, -0.2) is 58.9 Å². The molecule has 6 nitrogen and oxygen atoms in total. The van der Waals surface area contributed by atoms with E-state index >= 15 is 0 Å². The van der Waals surface area contributed by atoms with Crippen LogP contribution in [0.1, 0.15) is 49.9 Å². The van der Waals surface area contributed by atoms with Crippen molar-refractivity contribution in [2.24, 2.45) is 0 Å². The van der Waals surface area contributed by atoms with Gasteiger partial charge in [0.25, 0.3) is 11.7 Å². The first-order chi connectivity index (χ1) is 16.3. The molecule has 2 aromatic carbocycles. The Kier molecular flexibility index (Phi) is 7.43. The highest BCUT2D eigenvalue weighted by atomic mass is 79.9. The van der Waals surface area contributed by atoms with Crippen LogP contribution in [0.5, 0.6) is 5.75 Å². The molecule has 1 fully saturated rings. The van der Waals surface area contributed by atoms with Crippen LogP contribution in [0.4, 0.5) is 0 Å². The van der Waals surface area contributed by atoms with Gasteiger partial charge in [0, 0.05) is 23.0 Å². The molecule has 1 amide bonds. The molecule has 0 radical (unpaired) electrons. The molecule has 180 valence electrons. The van der Waals surface area contributed by atoms with Gasteiger partial charge < -0.3 is 19.6 Å². The number of rotatable bonds is 8. The van der Waals surface area contributed by atoms with E-state index in [0.717, 1.165) is 53.8 Å². The zero-order valence-corrected chi connectivity index (χ0v) is 21.5. The third-order valence-corrected chi connectivity index (χ3v) is 7.19. The Hall–Kier alpha value is -2.64. The van der Waals surface area contributed by atoms with Crippen LogP contribution >= 0.6 is 15.9 Å². The van der Waals surface area contributed by atoms with Crippen LogP contribution in [0, 0.1) is 0 Å². The Morgan fingerprint density at radius 3 is 2.53 bits per heavy atom. The summed E-state index contributed by atoms with van der Waals surface area (Å²) in [7, 11) is 0. The van der Waals surface area contributed by atoms with E-state index in [1.54, 1.807) is 11.0 Å². The van der Waals surface area contributed by atoms with Crippen LogP contribution < -0.4 is 4.74 Å². The van der Waals surface area contributed by atoms with Gasteiger partial charge in [0.05, 0.1) is 11.6 Å². The van der Waals surface area contributed by atoms with Crippen molar-refractivity contribution in [2.45, 2.75) is 45.8 Å². The lowest BCUT2D eigenvalue weighted by atomic mass is 9.94. The average molecular weight is 527 g/mol. The molecule has 0 saturated carbocycles. The quantitative estimate of drug-likeness (QED) is 0.300. The number of hydrogen-bond donors (Lipinski definition) is 1. The summed E-state index contributed by atoms with van der Waals surface area (Å²) < 4.78 is 6.68. The fourth-order valence-electron chi connectivity index (χ4n) is 4.83. The molecule has 2 aliphatic rings. The second-order valence-corrected chi connectivity index (χ2v) is 9.80. The molecule has 2 heterocycles. The van der Waals surface area contributed by atoms with Gasteiger partial charge >= 0.3 is 0 Å². The second-order valence-electron chi connectivity index (χ2n) is 8.88. The van der Waals surface area contributed by atoms with Gasteiger partial charge in [0.2, 0.25) is 0 Å². The lowest BCUT2D eigenvalue weighted by molar-refractivity contribution is -0.140. The van der Waals surface area contributed by atoms with Gasteiger partial charge in [-0.2, -0.15) is 0 Å². The fourth-order valence-corrected chi connectivity index (χ4v) is 5.10. The highest BCUT2D eigenvalue weighted by Crippen LogP contribution is 2.41. The molecule has 0 unspecified atom stereocenters. The molecule has 1 saturated heterocycles. The number of hydrogen-bond acceptors (Lipinski definition) is 5. The van der Waals surface area contributed by atoms with E-state index in [-0.39, 0.29) is 17.4 Å². The average Bonchev–Trinajstić information content (AvgIpc) is 3.32. The van der Waals surface area contributed by atoms with Gasteiger partial charge in [-0.25, -0.2) is 0 Å². The zero-order valence-electron chi connectivity index (χ0n) is 19.9. The Balaban J connectivity index is 1.72. The number of ether oxygens (including phenoxy) is 1. The van der Waals surface area contributed by atoms with Crippen molar-refractivity contribution in [1.29, 1.82) is 0 Å². The third kappa shape index (κ3) is 4.77. The van der Waals surface area contributed by atoms with Crippen LogP contribution in [-0.2, 0) is 16.0 Å². The molecule has 2 atom stereocenters. The summed E-state index contributed by atoms with van der Waals surface area (Å²) in [6.07, 6.45) is 1.56. The summed E-state index contributed by atoms with van der Waals surface area (Å²) in [6, 6.07) is 12.4. The van der Waals surface area contributed by atoms with Gasteiger partial charge in [-0.15, -0.1) is 0 Å². The molecule has 4 rings (SSSR count). The SMILES string of the molecule is CCN(CC)CCCN1C(=O)C(=O)C(=C(O)c2ccc3c(c2)C[C@@H](C)O3)[C@@H]1c1ccc(Br)cc1. The number of likely N-dealkylation sites (tertiary alicyclic amines) is 1. The van der Waals surface area contributed by atoms with E-state index in [1.165, 1.54) is 0 Å². The largest absolute Gasteiger partial charge is 0.507 e. The van der Waals surface area contributed by atoms with E-state index in [0.29, 0.717) is 12.1 Å². The number of aliphatic hydroxyl groups excluding tert-OH is 1. The molecule has 7 heteroatoms. The molecular formula is C27H31BrN2O4. The summed E-state index contributed by atoms with van der Waals surface area (Å²) in [5.41, 5.74) is 2.46. The summed E-state index contributed by atoms with van der Waals surface area (Å²) in [5, 5.41) is 11.3. The first-order valence-electron chi connectivity index (χ1n) is 11.9. The number of benzene rings is 2. The molecule has 0 aliphatic carbocycles. The normalized spacial score (nSPS) is 21.3. The van der Waals surface area contributed by atoms with E-state index in [9.17, 15) is 14.7 Å². The predicted molar refractivity (Wildman–Crippen MR) is 136 cm³/mol. The molecule has 0 bridgehead atoms. The van der Waals surface area contributed by atoms with Gasteiger partial charge in [-0.1, -0.05) is 41.9 Å². The minimum absolute atomic E-state index is 0.0755. The maximum absolute atomic E-state index is 13.2. The molecule has 2 aliphatic heterocycles. The highest BCUT2D eigenvalue weighted by Gasteiger charge is 2.45. The molecule has 0 spiro atoms. The minimum atomic E-state index is -0.640. The van der Waals surface area contributed by atoms with Crippen molar-refractivity contribution in [3.8, 4) is 5.75 Å². The number of carbonyl (C=O) groups is 2. The van der Waals surface area contributed by atoms with Crippen LogP contribution in [0.3, 0.4) is 0 Å². The van der Waals surface area contributed by atoms with E-state index in [1.807, 2.05) is 43.3 Å². The number of amides is 1. The Morgan fingerprint density at radius 1 is 1.15 bits per heavy atom. The first-order valence-corrected chi connectivity index (χ1v) is 12.7. The number of ketones is 1. The third-order valence-electron chi connectivity index (χ3n) is 6.66. The summed E-state index contributed by atoms with van der Waals surface area (Å²) in [5.74, 6) is -0.546. The maximum Gasteiger partial charge on any atom is 0.295 e. The van der Waals surface area contributed by atoms with Crippen molar-refractivity contribution in [1.82, 2.24) is 9.80 Å². The van der Waals surface area contributed by atoms with Gasteiger partial charge in [-0.05, 0) is 74.4 Å². The molecule has 34 heavy (non-hydrogen) atoms. The number of fused-ring (bicyclic) bond motifs is 1. The summed E-state index contributed by atoms with van der Waals surface area (Å²) >= 11 is 3.45. The Bertz CT molecular complexity index is 1110. The summed E-state index contributed by atoms with van der Waals surface area (Å²) in [6.45, 7) is 9.37. The molecule has 0 aromatic heterocycles. The van der Waals surface area contributed by atoms with Crippen LogP contribution in [0.2, 0.25) is 0 Å². The summed E-state index contributed by atoms with van der Waals surface area (Å²) in [4.78, 5) is 30.3. The number of aliphatic hydroxyl groups is 1. The standard InChI is InChI=1S/C27H31BrN2O4/c1-4-29(5-2)13-6-14-30-24(18-7-10-21(28)11-8-18)23(26(32)27(30)33)25(31)19-9-12-22-20(16-19)15-17(3)34-22/h7-12,16-17,24,31H,4-6,13-15H2,1-3H3/t17-,24+/m1/s1. The molecule has 2 aromatic rings. The van der Waals surface area contributed by atoms with Gasteiger partial charge in [0.1, 0.15) is 17.6 Å². The van der Waals surface area contributed by atoms with Crippen LogP contribution in [0.25, 0.3) is 5.76 Å². The van der Waals surface area contributed by atoms with Crippen molar-refractivity contribution < 1.29 is 19.4 Å². The van der Waals surface area contributed by atoms with Crippen molar-refractivity contribution in [3.63, 3.8) is 0 Å². The Morgan fingerprint density at radius 2 is 1.85 bits per heavy atom. The van der Waals surface area contributed by atoms with E-state index in [2.05, 4.69) is 34.7 Å². The van der Waals surface area contributed by atoms with Crippen molar-refractivity contribution in [3.05, 3.63) is 69.2 Å². The Labute approximate surface area is 209 Å². The first kappa shape index (κ1) is 24.5. The van der Waals surface area contributed by atoms with E-state index in [4.69, 9.17) is 4.74 Å². The predicted octanol–water partition coefficient (Wildman–Crippen LogP) is 4.93. The van der Waals surface area contributed by atoms with Crippen LogP contribution in [0.15, 0.2) is 52.5 Å². The lowest BCUT2D eigenvalue weighted by Crippen LogP contribution is -2.33. The number of halogens is 1. The highest BCUT2D eigenvalue weighted by molar-refractivity contribution is 9.10. The van der Waals surface area contributed by atoms with Gasteiger partial charge in [0.15, 0.2) is 0 Å². The van der Waals surface area contributed by atoms with Crippen molar-refractivity contribution in [2.75, 3.05) is 26.2 Å². The molecule has 1 N–H and O–H groups in total. The lowest BCUT2D eigenvalue weighted by Gasteiger charge is -2.27. The second kappa shape index (κ2) is 10.3. The topological polar surface area (TPSA) is 70.1 Å². The molecular weight excluding hydrogens is 496 g/mol. The number of nitrogens with zero attached hydrogens (tertiary/aromatic N) is 2. The minimum Gasteiger partial charge on any atom is -0.507 e. The van der Waals surface area contributed by atoms with E-state index < -0.39 is 17.7 Å². The van der Waals surface area contributed by atoms with Gasteiger partial charge in [-0.3, -0.25) is 9.59 Å². The maximum atomic E-state index is 13.2. The number of Topliss-reactive ketones (excluding diaryl/α,β-unsaturated/α-hetero) is 1. The monoisotopic (exact) mass is 526 g/mol. The fraction of sp³-hybridized carbons (Fsp3) is 0.407. The smallest absolute Gasteiger partial charge is 0.295 e.